The minimum absolute atomic E-state index is 0.105. The van der Waals surface area contributed by atoms with Gasteiger partial charge < -0.3 is 25.2 Å². The number of ether oxygens (including phenoxy) is 2. The van der Waals surface area contributed by atoms with Gasteiger partial charge in [-0.1, -0.05) is 6.07 Å². The molecule has 10 heteroatoms. The third-order valence-electron chi connectivity index (χ3n) is 6.00. The third-order valence-corrected chi connectivity index (χ3v) is 6.00. The summed E-state index contributed by atoms with van der Waals surface area (Å²) in [6.07, 6.45) is 2.22. The number of aliphatic hydroxyl groups is 1. The summed E-state index contributed by atoms with van der Waals surface area (Å²) in [5.74, 6) is -0.195. The molecule has 1 aliphatic rings. The van der Waals surface area contributed by atoms with Crippen molar-refractivity contribution in [2.75, 3.05) is 57.9 Å². The molecule has 4 rings (SSSR count). The van der Waals surface area contributed by atoms with E-state index in [9.17, 15) is 14.4 Å². The Bertz CT molecular complexity index is 1280. The lowest BCUT2D eigenvalue weighted by Gasteiger charge is -2.26. The molecule has 2 amide bonds. The molecule has 198 valence electrons. The van der Waals surface area contributed by atoms with Crippen molar-refractivity contribution in [1.82, 2.24) is 15.2 Å². The van der Waals surface area contributed by atoms with E-state index in [1.54, 1.807) is 54.6 Å². The van der Waals surface area contributed by atoms with Crippen LogP contribution in [0.4, 0.5) is 5.69 Å². The van der Waals surface area contributed by atoms with Crippen LogP contribution in [0.5, 0.6) is 5.75 Å². The minimum atomic E-state index is -0.412. The van der Waals surface area contributed by atoms with Crippen LogP contribution in [0.15, 0.2) is 60.8 Å². The second-order valence-corrected chi connectivity index (χ2v) is 8.62. The monoisotopic (exact) mass is 518 g/mol. The van der Waals surface area contributed by atoms with Crippen molar-refractivity contribution >= 4 is 23.8 Å². The highest BCUT2D eigenvalue weighted by Gasteiger charge is 2.16. The highest BCUT2D eigenvalue weighted by Crippen LogP contribution is 2.31. The van der Waals surface area contributed by atoms with Gasteiger partial charge in [-0.15, -0.1) is 0 Å². The van der Waals surface area contributed by atoms with Crippen molar-refractivity contribution in [1.29, 1.82) is 0 Å². The van der Waals surface area contributed by atoms with Crippen molar-refractivity contribution in [2.45, 2.75) is 0 Å². The van der Waals surface area contributed by atoms with Crippen LogP contribution < -0.4 is 15.4 Å². The van der Waals surface area contributed by atoms with Crippen LogP contribution in [0.1, 0.15) is 31.1 Å². The molecule has 3 aromatic rings. The summed E-state index contributed by atoms with van der Waals surface area (Å²) in [5, 5.41) is 14.9. The SMILES string of the molecule is O=Cc1ccnc(-c2cc(OCCO)ccc2NC(=O)c2cccc(C(=O)NCCN3CCOCC3)c2)c1. The van der Waals surface area contributed by atoms with E-state index >= 15 is 0 Å². The number of aromatic nitrogens is 1. The van der Waals surface area contributed by atoms with Crippen molar-refractivity contribution < 1.29 is 29.0 Å². The zero-order chi connectivity index (χ0) is 26.7. The van der Waals surface area contributed by atoms with Gasteiger partial charge in [-0.25, -0.2) is 0 Å². The van der Waals surface area contributed by atoms with Gasteiger partial charge in [-0.05, 0) is 48.5 Å². The number of nitrogens with one attached hydrogen (secondary N) is 2. The first-order chi connectivity index (χ1) is 18.6. The summed E-state index contributed by atoms with van der Waals surface area (Å²) in [6, 6.07) is 14.7. The predicted octanol–water partition coefficient (Wildman–Crippen LogP) is 2.25. The molecular formula is C28H30N4O6. The van der Waals surface area contributed by atoms with E-state index in [2.05, 4.69) is 20.5 Å². The summed E-state index contributed by atoms with van der Waals surface area (Å²) >= 11 is 0. The largest absolute Gasteiger partial charge is 0.491 e. The van der Waals surface area contributed by atoms with Gasteiger partial charge in [-0.3, -0.25) is 24.3 Å². The second kappa shape index (κ2) is 13.4. The van der Waals surface area contributed by atoms with E-state index in [0.717, 1.165) is 19.6 Å². The van der Waals surface area contributed by atoms with Crippen LogP contribution in [0.25, 0.3) is 11.3 Å². The molecule has 1 aromatic heterocycles. The maximum absolute atomic E-state index is 13.2. The Morgan fingerprint density at radius 3 is 2.61 bits per heavy atom. The predicted molar refractivity (Wildman–Crippen MR) is 142 cm³/mol. The minimum Gasteiger partial charge on any atom is -0.491 e. The van der Waals surface area contributed by atoms with Crippen molar-refractivity contribution in [3.8, 4) is 17.0 Å². The van der Waals surface area contributed by atoms with Crippen LogP contribution in [0, 0.1) is 0 Å². The smallest absolute Gasteiger partial charge is 0.255 e. The number of carbonyl (C=O) groups is 3. The van der Waals surface area contributed by atoms with Gasteiger partial charge in [0.1, 0.15) is 18.6 Å². The number of amides is 2. The Balaban J connectivity index is 1.48. The molecule has 0 spiro atoms. The summed E-state index contributed by atoms with van der Waals surface area (Å²) in [6.45, 7) is 4.27. The lowest BCUT2D eigenvalue weighted by atomic mass is 10.1. The molecule has 10 nitrogen and oxygen atoms in total. The Kier molecular flexibility index (Phi) is 9.52. The third kappa shape index (κ3) is 7.22. The van der Waals surface area contributed by atoms with Crippen molar-refractivity contribution in [3.05, 3.63) is 77.5 Å². The number of hydrogen-bond acceptors (Lipinski definition) is 8. The molecule has 0 saturated carbocycles. The molecule has 38 heavy (non-hydrogen) atoms. The van der Waals surface area contributed by atoms with E-state index < -0.39 is 5.91 Å². The first-order valence-corrected chi connectivity index (χ1v) is 12.4. The molecule has 0 unspecified atom stereocenters. The fourth-order valence-electron chi connectivity index (χ4n) is 4.02. The second-order valence-electron chi connectivity index (χ2n) is 8.62. The molecule has 0 aliphatic carbocycles. The average Bonchev–Trinajstić information content (AvgIpc) is 2.97. The van der Waals surface area contributed by atoms with Crippen LogP contribution in [-0.2, 0) is 4.74 Å². The van der Waals surface area contributed by atoms with Gasteiger partial charge in [-0.2, -0.15) is 0 Å². The zero-order valence-electron chi connectivity index (χ0n) is 20.9. The van der Waals surface area contributed by atoms with E-state index in [4.69, 9.17) is 14.6 Å². The number of aliphatic hydroxyl groups excluding tert-OH is 1. The number of rotatable bonds is 11. The van der Waals surface area contributed by atoms with Gasteiger partial charge >= 0.3 is 0 Å². The normalized spacial score (nSPS) is 13.5. The number of nitrogens with zero attached hydrogens (tertiary/aromatic N) is 2. The van der Waals surface area contributed by atoms with Gasteiger partial charge in [0.2, 0.25) is 0 Å². The van der Waals surface area contributed by atoms with E-state index in [0.29, 0.717) is 65.4 Å². The molecule has 1 aliphatic heterocycles. The Hall–Kier alpha value is -4.12. The highest BCUT2D eigenvalue weighted by molar-refractivity contribution is 6.07. The molecule has 0 bridgehead atoms. The average molecular weight is 519 g/mol. The molecule has 0 atom stereocenters. The molecule has 1 fully saturated rings. The number of anilines is 1. The fourth-order valence-corrected chi connectivity index (χ4v) is 4.02. The number of benzene rings is 2. The molecule has 3 N–H and O–H groups in total. The van der Waals surface area contributed by atoms with Crippen LogP contribution >= 0.6 is 0 Å². The topological polar surface area (TPSA) is 130 Å². The quantitative estimate of drug-likeness (QED) is 0.330. The number of aldehydes is 1. The maximum atomic E-state index is 13.2. The highest BCUT2D eigenvalue weighted by atomic mass is 16.5. The van der Waals surface area contributed by atoms with Crippen LogP contribution in [0.3, 0.4) is 0 Å². The molecular weight excluding hydrogens is 488 g/mol. The first-order valence-electron chi connectivity index (χ1n) is 12.4. The maximum Gasteiger partial charge on any atom is 0.255 e. The summed E-state index contributed by atoms with van der Waals surface area (Å²) in [7, 11) is 0. The van der Waals surface area contributed by atoms with Crippen molar-refractivity contribution in [2.24, 2.45) is 0 Å². The van der Waals surface area contributed by atoms with Gasteiger partial charge in [0.15, 0.2) is 0 Å². The molecule has 1 saturated heterocycles. The number of carbonyl (C=O) groups excluding carboxylic acids is 3. The van der Waals surface area contributed by atoms with Crippen molar-refractivity contribution in [3.63, 3.8) is 0 Å². The number of morpholine rings is 1. The zero-order valence-corrected chi connectivity index (χ0v) is 20.9. The van der Waals surface area contributed by atoms with Gasteiger partial charge in [0.25, 0.3) is 11.8 Å². The Morgan fingerprint density at radius 1 is 1.05 bits per heavy atom. The van der Waals surface area contributed by atoms with E-state index in [1.807, 2.05) is 0 Å². The standard InChI is InChI=1S/C28H30N4O6/c33-12-15-38-23-4-5-25(24(18-23)26-16-20(19-34)6-7-29-26)31-28(36)22-3-1-2-21(17-22)27(35)30-8-9-32-10-13-37-14-11-32/h1-7,16-19,33H,8-15H2,(H,30,35)(H,31,36). The first kappa shape index (κ1) is 26.9. The molecule has 2 aromatic carbocycles. The summed E-state index contributed by atoms with van der Waals surface area (Å²) in [5.41, 5.74) is 2.57. The van der Waals surface area contributed by atoms with Gasteiger partial charge in [0, 0.05) is 54.6 Å². The Labute approximate surface area is 220 Å². The van der Waals surface area contributed by atoms with E-state index in [-0.39, 0.29) is 19.1 Å². The Morgan fingerprint density at radius 2 is 1.84 bits per heavy atom. The van der Waals surface area contributed by atoms with Gasteiger partial charge in [0.05, 0.1) is 31.2 Å². The fraction of sp³-hybridized carbons (Fsp3) is 0.286. The lowest BCUT2D eigenvalue weighted by Crippen LogP contribution is -2.41. The molecule has 0 radical (unpaired) electrons. The summed E-state index contributed by atoms with van der Waals surface area (Å²) in [4.78, 5) is 43.7. The van der Waals surface area contributed by atoms with Crippen LogP contribution in [0.2, 0.25) is 0 Å². The number of hydrogen-bond donors (Lipinski definition) is 3. The number of pyridine rings is 1. The molecule has 2 heterocycles. The summed E-state index contributed by atoms with van der Waals surface area (Å²) < 4.78 is 10.9. The van der Waals surface area contributed by atoms with Crippen LogP contribution in [-0.4, -0.2) is 85.7 Å². The lowest BCUT2D eigenvalue weighted by molar-refractivity contribution is 0.0383. The van der Waals surface area contributed by atoms with E-state index in [1.165, 1.54) is 6.20 Å².